The molecule has 1 amide bonds. The topological polar surface area (TPSA) is 108 Å². The number of amides is 1. The average Bonchev–Trinajstić information content (AvgIpc) is 3.31. The van der Waals surface area contributed by atoms with Gasteiger partial charge in [0.1, 0.15) is 13.2 Å². The second-order valence-corrected chi connectivity index (χ2v) is 20.6. The molecule has 9 heteroatoms. The molecule has 0 aliphatic heterocycles. The highest BCUT2D eigenvalue weighted by Gasteiger charge is 2.23. The van der Waals surface area contributed by atoms with Crippen LogP contribution in [-0.4, -0.2) is 68.5 Å². The molecular weight excluding hydrogens is 876 g/mol. The maximum absolute atomic E-state index is 12.9. The molecular formula is C60H103N2O6P. The quantitative estimate of drug-likeness (QED) is 0.0272. The molecule has 0 aromatic carbocycles. The zero-order valence-electron chi connectivity index (χ0n) is 44.7. The Morgan fingerprint density at radius 2 is 0.899 bits per heavy atom. The predicted octanol–water partition coefficient (Wildman–Crippen LogP) is 16.0. The van der Waals surface area contributed by atoms with Gasteiger partial charge in [0.25, 0.3) is 7.82 Å². The number of nitrogens with one attached hydrogen (secondary N) is 1. The monoisotopic (exact) mass is 979 g/mol. The van der Waals surface area contributed by atoms with E-state index in [0.717, 1.165) is 89.9 Å². The summed E-state index contributed by atoms with van der Waals surface area (Å²) in [5.41, 5.74) is 0. The number of rotatable bonds is 48. The number of aliphatic hydroxyl groups excluding tert-OH is 1. The van der Waals surface area contributed by atoms with E-state index in [0.29, 0.717) is 17.4 Å². The van der Waals surface area contributed by atoms with E-state index in [-0.39, 0.29) is 12.5 Å². The molecule has 0 heterocycles. The van der Waals surface area contributed by atoms with Crippen molar-refractivity contribution in [1.29, 1.82) is 0 Å². The normalized spacial score (nSPS) is 14.9. The van der Waals surface area contributed by atoms with Crippen molar-refractivity contribution in [2.24, 2.45) is 0 Å². The third kappa shape index (κ3) is 52.6. The fourth-order valence-electron chi connectivity index (χ4n) is 7.12. The highest BCUT2D eigenvalue weighted by Crippen LogP contribution is 2.38. The standard InChI is InChI=1S/C60H103N2O6P/c1-6-8-10-12-14-16-18-19-20-21-22-23-24-25-26-27-28-29-30-31-32-33-34-35-36-37-38-39-40-41-42-43-44-46-48-50-52-54-60(64)61-58(57-68-69(65,66)67-56-55-62(3,4)5)59(63)53-51-49-47-45-17-15-13-11-9-7-2/h8,10,14,16-17,19-20,22-23,25-26,28-29,31-32,34-35,45,51,53,58-59,63H,6-7,9,11-13,15,18,21,24,27,30,33,36-44,46-50,52,54-57H2,1-5H3,(H-,61,64,65,66)/b10-8-,16-14-,20-19-,23-22-,26-25-,29-28-,32-31-,35-34-,45-17+,53-51+. The molecule has 3 atom stereocenters. The van der Waals surface area contributed by atoms with Crippen LogP contribution in [-0.2, 0) is 18.4 Å². The Morgan fingerprint density at radius 3 is 1.35 bits per heavy atom. The summed E-state index contributed by atoms with van der Waals surface area (Å²) in [6.07, 6.45) is 74.3. The molecule has 0 saturated carbocycles. The number of hydrogen-bond acceptors (Lipinski definition) is 6. The molecule has 0 radical (unpaired) electrons. The summed E-state index contributed by atoms with van der Waals surface area (Å²) in [7, 11) is 1.22. The molecule has 0 aromatic heterocycles. The number of carbonyl (C=O) groups excluding carboxylic acids is 1. The van der Waals surface area contributed by atoms with Gasteiger partial charge in [0.15, 0.2) is 0 Å². The van der Waals surface area contributed by atoms with Gasteiger partial charge in [-0.25, -0.2) is 0 Å². The van der Waals surface area contributed by atoms with Crippen LogP contribution in [0, 0.1) is 0 Å². The minimum atomic E-state index is -4.60. The third-order valence-electron chi connectivity index (χ3n) is 11.4. The molecule has 69 heavy (non-hydrogen) atoms. The minimum Gasteiger partial charge on any atom is -0.756 e. The van der Waals surface area contributed by atoms with E-state index in [2.05, 4.69) is 129 Å². The van der Waals surface area contributed by atoms with Crippen LogP contribution in [0.2, 0.25) is 0 Å². The van der Waals surface area contributed by atoms with Crippen LogP contribution in [0.3, 0.4) is 0 Å². The molecule has 2 N–H and O–H groups in total. The fraction of sp³-hybridized carbons (Fsp3) is 0.650. The minimum absolute atomic E-state index is 0.0122. The largest absolute Gasteiger partial charge is 0.756 e. The van der Waals surface area contributed by atoms with Crippen LogP contribution in [0.4, 0.5) is 0 Å². The predicted molar refractivity (Wildman–Crippen MR) is 297 cm³/mol. The van der Waals surface area contributed by atoms with Crippen LogP contribution in [0.1, 0.15) is 200 Å². The second-order valence-electron chi connectivity index (χ2n) is 19.2. The molecule has 0 aliphatic carbocycles. The Balaban J connectivity index is 4.05. The molecule has 394 valence electrons. The Labute approximate surface area is 424 Å². The molecule has 0 fully saturated rings. The molecule has 8 nitrogen and oxygen atoms in total. The van der Waals surface area contributed by atoms with Gasteiger partial charge in [0.2, 0.25) is 5.91 Å². The van der Waals surface area contributed by atoms with Gasteiger partial charge in [-0.05, 0) is 96.3 Å². The van der Waals surface area contributed by atoms with Crippen LogP contribution < -0.4 is 10.2 Å². The Kier molecular flexibility index (Phi) is 47.6. The van der Waals surface area contributed by atoms with Crippen molar-refractivity contribution in [3.05, 3.63) is 122 Å². The number of unbranched alkanes of at least 4 members (excludes halogenated alkanes) is 17. The van der Waals surface area contributed by atoms with Gasteiger partial charge in [-0.1, -0.05) is 219 Å². The maximum Gasteiger partial charge on any atom is 0.268 e. The summed E-state index contributed by atoms with van der Waals surface area (Å²) < 4.78 is 23.2. The first-order valence-electron chi connectivity index (χ1n) is 27.4. The van der Waals surface area contributed by atoms with E-state index in [1.54, 1.807) is 6.08 Å². The van der Waals surface area contributed by atoms with Crippen molar-refractivity contribution >= 4 is 13.7 Å². The Bertz CT molecular complexity index is 1530. The van der Waals surface area contributed by atoms with Crippen LogP contribution in [0.15, 0.2) is 122 Å². The van der Waals surface area contributed by atoms with Gasteiger partial charge >= 0.3 is 0 Å². The lowest BCUT2D eigenvalue weighted by Crippen LogP contribution is -2.45. The summed E-state index contributed by atoms with van der Waals surface area (Å²) >= 11 is 0. The van der Waals surface area contributed by atoms with E-state index in [1.807, 2.05) is 27.2 Å². The third-order valence-corrected chi connectivity index (χ3v) is 12.4. The highest BCUT2D eigenvalue weighted by molar-refractivity contribution is 7.45. The zero-order valence-corrected chi connectivity index (χ0v) is 45.6. The average molecular weight is 979 g/mol. The van der Waals surface area contributed by atoms with E-state index in [9.17, 15) is 19.4 Å². The number of quaternary nitrogens is 1. The van der Waals surface area contributed by atoms with Gasteiger partial charge < -0.3 is 28.8 Å². The molecule has 0 rings (SSSR count). The van der Waals surface area contributed by atoms with E-state index in [1.165, 1.54) is 89.9 Å². The molecule has 0 aromatic rings. The second kappa shape index (κ2) is 49.9. The lowest BCUT2D eigenvalue weighted by Gasteiger charge is -2.29. The fourth-order valence-corrected chi connectivity index (χ4v) is 7.85. The molecule has 0 saturated heterocycles. The van der Waals surface area contributed by atoms with Crippen molar-refractivity contribution < 1.29 is 32.9 Å². The van der Waals surface area contributed by atoms with Gasteiger partial charge in [-0.15, -0.1) is 0 Å². The molecule has 0 spiro atoms. The van der Waals surface area contributed by atoms with E-state index < -0.39 is 26.6 Å². The molecule has 0 aliphatic rings. The first-order valence-corrected chi connectivity index (χ1v) is 28.9. The smallest absolute Gasteiger partial charge is 0.268 e. The number of likely N-dealkylation sites (N-methyl/N-ethyl adjacent to an activating group) is 1. The number of allylic oxidation sites excluding steroid dienone is 19. The number of nitrogens with zero attached hydrogens (tertiary/aromatic N) is 1. The number of phosphoric ester groups is 1. The number of carbonyl (C=O) groups is 1. The lowest BCUT2D eigenvalue weighted by atomic mass is 10.0. The maximum atomic E-state index is 12.9. The van der Waals surface area contributed by atoms with Crippen molar-refractivity contribution in [2.45, 2.75) is 212 Å². The Morgan fingerprint density at radius 1 is 0.522 bits per heavy atom. The summed E-state index contributed by atoms with van der Waals surface area (Å²) in [6, 6.07) is -0.910. The summed E-state index contributed by atoms with van der Waals surface area (Å²) in [5, 5.41) is 13.7. The van der Waals surface area contributed by atoms with Crippen molar-refractivity contribution in [2.75, 3.05) is 40.9 Å². The number of phosphoric acid groups is 1. The van der Waals surface area contributed by atoms with Crippen molar-refractivity contribution in [3.8, 4) is 0 Å². The molecule has 3 unspecified atom stereocenters. The van der Waals surface area contributed by atoms with Crippen molar-refractivity contribution in [3.63, 3.8) is 0 Å². The lowest BCUT2D eigenvalue weighted by molar-refractivity contribution is -0.870. The van der Waals surface area contributed by atoms with Crippen LogP contribution in [0.5, 0.6) is 0 Å². The first kappa shape index (κ1) is 65.9. The number of aliphatic hydroxyl groups is 1. The summed E-state index contributed by atoms with van der Waals surface area (Å²) in [6.45, 7) is 4.45. The van der Waals surface area contributed by atoms with Gasteiger partial charge in [-0.2, -0.15) is 0 Å². The summed E-state index contributed by atoms with van der Waals surface area (Å²) in [4.78, 5) is 25.3. The van der Waals surface area contributed by atoms with E-state index >= 15 is 0 Å². The van der Waals surface area contributed by atoms with Crippen LogP contribution in [0.25, 0.3) is 0 Å². The number of hydrogen-bond donors (Lipinski definition) is 2. The van der Waals surface area contributed by atoms with Crippen LogP contribution >= 0.6 is 7.82 Å². The summed E-state index contributed by atoms with van der Waals surface area (Å²) in [5.74, 6) is -0.217. The first-order chi connectivity index (χ1) is 33.5. The molecule has 0 bridgehead atoms. The SMILES string of the molecule is CC/C=C\C/C=C\C/C=C\C/C=C\C/C=C\C/C=C\C/C=C\C/C=C\CCCCCCCCCCCCCCC(=O)NC(COP(=O)([O-])OCC[N+](C)(C)C)C(O)/C=C/CC/C=C/CCCCCC. The van der Waals surface area contributed by atoms with E-state index in [4.69, 9.17) is 9.05 Å². The van der Waals surface area contributed by atoms with Crippen molar-refractivity contribution in [1.82, 2.24) is 5.32 Å². The van der Waals surface area contributed by atoms with Gasteiger partial charge in [0.05, 0.1) is 39.9 Å². The van der Waals surface area contributed by atoms with Gasteiger partial charge in [-0.3, -0.25) is 9.36 Å². The Hall–Kier alpha value is -3.10. The zero-order chi connectivity index (χ0) is 50.6. The van der Waals surface area contributed by atoms with Gasteiger partial charge in [0, 0.05) is 6.42 Å². The highest BCUT2D eigenvalue weighted by atomic mass is 31.2.